The molecule has 3 N–H and O–H groups in total. The Bertz CT molecular complexity index is 667. The first-order valence-electron chi connectivity index (χ1n) is 7.11. The van der Waals surface area contributed by atoms with Gasteiger partial charge in [0, 0.05) is 17.1 Å². The molecule has 0 aliphatic heterocycles. The van der Waals surface area contributed by atoms with E-state index in [0.29, 0.717) is 5.06 Å². The number of carbonyl (C=O) groups excluding carboxylic acids is 1. The van der Waals surface area contributed by atoms with Crippen molar-refractivity contribution in [3.05, 3.63) is 59.4 Å². The lowest BCUT2D eigenvalue weighted by Gasteiger charge is -2.16. The van der Waals surface area contributed by atoms with E-state index in [-0.39, 0.29) is 0 Å². The molecule has 2 aromatic rings. The van der Waals surface area contributed by atoms with Gasteiger partial charge in [0.1, 0.15) is 0 Å². The second-order valence-corrected chi connectivity index (χ2v) is 5.33. The molecule has 5 heteroatoms. The van der Waals surface area contributed by atoms with Crippen LogP contribution in [0.25, 0.3) is 11.8 Å². The maximum absolute atomic E-state index is 10.9. The molecule has 1 aromatic heterocycles. The monoisotopic (exact) mass is 299 g/mol. The number of rotatable bonds is 4. The number of nitrogens with zero attached hydrogens (tertiary/aromatic N) is 2. The van der Waals surface area contributed by atoms with Crippen LogP contribution in [0.1, 0.15) is 23.9 Å². The molecule has 0 bridgehead atoms. The minimum absolute atomic E-state index is 0.480. The van der Waals surface area contributed by atoms with Gasteiger partial charge in [-0.15, -0.1) is 0 Å². The average molecular weight is 299 g/mol. The van der Waals surface area contributed by atoms with Crippen LogP contribution in [0.3, 0.4) is 0 Å². The van der Waals surface area contributed by atoms with Crippen LogP contribution in [-0.4, -0.2) is 26.9 Å². The molecule has 2 amide bonds. The van der Waals surface area contributed by atoms with Crippen LogP contribution < -0.4 is 5.73 Å². The number of aryl methyl sites for hydroxylation is 2. The van der Waals surface area contributed by atoms with Crippen LogP contribution in [0.5, 0.6) is 0 Å². The van der Waals surface area contributed by atoms with E-state index in [4.69, 9.17) is 5.73 Å². The van der Waals surface area contributed by atoms with Crippen LogP contribution in [0.2, 0.25) is 0 Å². The van der Waals surface area contributed by atoms with Gasteiger partial charge < -0.3 is 10.3 Å². The number of urea groups is 1. The Morgan fingerprint density at radius 3 is 2.23 bits per heavy atom. The van der Waals surface area contributed by atoms with E-state index in [1.807, 2.05) is 30.3 Å². The molecule has 1 aromatic carbocycles. The number of hydroxylamine groups is 2. The zero-order valence-electron chi connectivity index (χ0n) is 13.0. The third kappa shape index (κ3) is 3.38. The highest BCUT2D eigenvalue weighted by atomic mass is 16.5. The van der Waals surface area contributed by atoms with Crippen LogP contribution in [-0.2, 0) is 0 Å². The second kappa shape index (κ2) is 6.49. The standard InChI is InChI=1S/C17H21N3O2/c1-12-4-5-13(2)19(12)16-10-8-15(9-11-16)7-6-14(3)20(22)17(18)21/h4-11,14,22H,1-3H3,(H2,18,21). The predicted molar refractivity (Wildman–Crippen MR) is 86.9 cm³/mol. The van der Waals surface area contributed by atoms with E-state index >= 15 is 0 Å². The normalized spacial score (nSPS) is 12.5. The lowest BCUT2D eigenvalue weighted by atomic mass is 10.1. The summed E-state index contributed by atoms with van der Waals surface area (Å²) in [7, 11) is 0. The fraction of sp³-hybridized carbons (Fsp3) is 0.235. The molecule has 0 aliphatic carbocycles. The van der Waals surface area contributed by atoms with Gasteiger partial charge in [0.05, 0.1) is 6.04 Å². The number of benzene rings is 1. The van der Waals surface area contributed by atoms with Gasteiger partial charge in [-0.05, 0) is 50.6 Å². The quantitative estimate of drug-likeness (QED) is 0.672. The van der Waals surface area contributed by atoms with Gasteiger partial charge in [0.25, 0.3) is 0 Å². The van der Waals surface area contributed by atoms with Crippen molar-refractivity contribution in [2.45, 2.75) is 26.8 Å². The lowest BCUT2D eigenvalue weighted by Crippen LogP contribution is -2.38. The van der Waals surface area contributed by atoms with Gasteiger partial charge >= 0.3 is 6.03 Å². The highest BCUT2D eigenvalue weighted by Crippen LogP contribution is 2.17. The molecule has 0 fully saturated rings. The molecular formula is C17H21N3O2. The summed E-state index contributed by atoms with van der Waals surface area (Å²) in [6.45, 7) is 5.83. The Hall–Kier alpha value is -2.53. The number of hydrogen-bond donors (Lipinski definition) is 2. The number of nitrogens with two attached hydrogens (primary N) is 1. The molecular weight excluding hydrogens is 278 g/mol. The van der Waals surface area contributed by atoms with Gasteiger partial charge in [-0.25, -0.2) is 4.79 Å². The molecule has 0 radical (unpaired) electrons. The summed E-state index contributed by atoms with van der Waals surface area (Å²) >= 11 is 0. The highest BCUT2D eigenvalue weighted by Gasteiger charge is 2.11. The molecule has 0 spiro atoms. The Morgan fingerprint density at radius 2 is 1.73 bits per heavy atom. The van der Waals surface area contributed by atoms with Gasteiger partial charge in [0.2, 0.25) is 0 Å². The summed E-state index contributed by atoms with van der Waals surface area (Å²) in [5.41, 5.74) is 9.47. The van der Waals surface area contributed by atoms with Crippen molar-refractivity contribution in [3.8, 4) is 5.69 Å². The smallest absolute Gasteiger partial charge is 0.339 e. The molecule has 0 saturated heterocycles. The Kier molecular flexibility index (Phi) is 4.68. The van der Waals surface area contributed by atoms with Crippen molar-refractivity contribution >= 4 is 12.1 Å². The summed E-state index contributed by atoms with van der Waals surface area (Å²) in [6, 6.07) is 10.9. The predicted octanol–water partition coefficient (Wildman–Crippen LogP) is 3.27. The third-order valence-electron chi connectivity index (χ3n) is 3.60. The molecule has 1 unspecified atom stereocenters. The summed E-state index contributed by atoms with van der Waals surface area (Å²) < 4.78 is 2.18. The van der Waals surface area contributed by atoms with Crippen molar-refractivity contribution in [1.82, 2.24) is 9.63 Å². The zero-order chi connectivity index (χ0) is 16.3. The Labute approximate surface area is 130 Å². The fourth-order valence-corrected chi connectivity index (χ4v) is 2.34. The molecule has 1 atom stereocenters. The van der Waals surface area contributed by atoms with Crippen molar-refractivity contribution in [3.63, 3.8) is 0 Å². The molecule has 5 nitrogen and oxygen atoms in total. The summed E-state index contributed by atoms with van der Waals surface area (Å²) in [6.07, 6.45) is 3.56. The fourth-order valence-electron chi connectivity index (χ4n) is 2.34. The van der Waals surface area contributed by atoms with Gasteiger partial charge in [-0.3, -0.25) is 5.21 Å². The Balaban J connectivity index is 2.15. The minimum atomic E-state index is -0.869. The Morgan fingerprint density at radius 1 is 1.18 bits per heavy atom. The maximum Gasteiger partial charge on any atom is 0.339 e. The molecule has 22 heavy (non-hydrogen) atoms. The number of amides is 2. The van der Waals surface area contributed by atoms with E-state index in [2.05, 4.69) is 30.5 Å². The van der Waals surface area contributed by atoms with Crippen LogP contribution in [0, 0.1) is 13.8 Å². The third-order valence-corrected chi connectivity index (χ3v) is 3.60. The van der Waals surface area contributed by atoms with Crippen molar-refractivity contribution < 1.29 is 10.0 Å². The van der Waals surface area contributed by atoms with E-state index in [1.54, 1.807) is 13.0 Å². The molecule has 2 rings (SSSR count). The molecule has 0 aliphatic rings. The van der Waals surface area contributed by atoms with Crippen molar-refractivity contribution in [1.29, 1.82) is 0 Å². The highest BCUT2D eigenvalue weighted by molar-refractivity contribution is 5.71. The van der Waals surface area contributed by atoms with Crippen LogP contribution >= 0.6 is 0 Å². The van der Waals surface area contributed by atoms with E-state index in [1.165, 1.54) is 11.4 Å². The number of aromatic nitrogens is 1. The van der Waals surface area contributed by atoms with Crippen molar-refractivity contribution in [2.75, 3.05) is 0 Å². The summed E-state index contributed by atoms with van der Waals surface area (Å²) in [5, 5.41) is 9.90. The summed E-state index contributed by atoms with van der Waals surface area (Å²) in [5.74, 6) is 0. The first-order valence-corrected chi connectivity index (χ1v) is 7.11. The zero-order valence-corrected chi connectivity index (χ0v) is 13.0. The van der Waals surface area contributed by atoms with Crippen molar-refractivity contribution in [2.24, 2.45) is 5.73 Å². The first-order chi connectivity index (χ1) is 10.4. The van der Waals surface area contributed by atoms with E-state index < -0.39 is 12.1 Å². The average Bonchev–Trinajstić information content (AvgIpc) is 2.83. The number of primary amides is 1. The first kappa shape index (κ1) is 15.9. The van der Waals surface area contributed by atoms with Gasteiger partial charge in [-0.1, -0.05) is 24.3 Å². The van der Waals surface area contributed by atoms with Gasteiger partial charge in [0.15, 0.2) is 0 Å². The topological polar surface area (TPSA) is 71.5 Å². The largest absolute Gasteiger partial charge is 0.350 e. The second-order valence-electron chi connectivity index (χ2n) is 5.33. The van der Waals surface area contributed by atoms with E-state index in [9.17, 15) is 10.0 Å². The lowest BCUT2D eigenvalue weighted by molar-refractivity contribution is -0.0560. The SMILES string of the molecule is Cc1ccc(C)n1-c1ccc(C=CC(C)N(O)C(N)=O)cc1. The van der Waals surface area contributed by atoms with Crippen LogP contribution in [0.15, 0.2) is 42.5 Å². The summed E-state index contributed by atoms with van der Waals surface area (Å²) in [4.78, 5) is 10.9. The van der Waals surface area contributed by atoms with Gasteiger partial charge in [-0.2, -0.15) is 5.06 Å². The van der Waals surface area contributed by atoms with E-state index in [0.717, 1.165) is 11.3 Å². The maximum atomic E-state index is 10.9. The number of carbonyl (C=O) groups is 1. The molecule has 0 saturated carbocycles. The minimum Gasteiger partial charge on any atom is -0.350 e. The molecule has 1 heterocycles. The number of hydrogen-bond acceptors (Lipinski definition) is 2. The molecule has 116 valence electrons. The van der Waals surface area contributed by atoms with Crippen LogP contribution in [0.4, 0.5) is 4.79 Å².